The lowest BCUT2D eigenvalue weighted by Crippen LogP contribution is -2.53. The first kappa shape index (κ1) is 19.2. The molecule has 4 rings (SSSR count). The SMILES string of the molecule is NC(Cc1c[nH]c2ccccc12)C(=O)N1CCC(C(=O)O)(c2ccccc2)CC1. The molecule has 29 heavy (non-hydrogen) atoms. The third kappa shape index (κ3) is 3.51. The second-order valence-corrected chi connectivity index (χ2v) is 7.75. The number of hydrogen-bond acceptors (Lipinski definition) is 3. The molecule has 0 saturated carbocycles. The van der Waals surface area contributed by atoms with E-state index in [2.05, 4.69) is 4.98 Å². The topological polar surface area (TPSA) is 99.4 Å². The maximum absolute atomic E-state index is 12.9. The number of nitrogens with one attached hydrogen (secondary N) is 1. The number of benzene rings is 2. The lowest BCUT2D eigenvalue weighted by atomic mass is 9.72. The number of amides is 1. The van der Waals surface area contributed by atoms with Crippen molar-refractivity contribution in [3.05, 3.63) is 71.9 Å². The van der Waals surface area contributed by atoms with Crippen LogP contribution in [0.15, 0.2) is 60.8 Å². The zero-order chi connectivity index (χ0) is 20.4. The molecule has 2 heterocycles. The summed E-state index contributed by atoms with van der Waals surface area (Å²) in [6.07, 6.45) is 3.12. The summed E-state index contributed by atoms with van der Waals surface area (Å²) in [5.74, 6) is -0.957. The molecule has 6 heteroatoms. The normalized spacial score (nSPS) is 17.2. The van der Waals surface area contributed by atoms with Crippen LogP contribution in [0.25, 0.3) is 10.9 Å². The van der Waals surface area contributed by atoms with Crippen LogP contribution < -0.4 is 5.73 Å². The maximum atomic E-state index is 12.9. The number of carboxylic acid groups (broad SMARTS) is 1. The molecular weight excluding hydrogens is 366 g/mol. The lowest BCUT2D eigenvalue weighted by Gasteiger charge is -2.40. The molecule has 2 aromatic carbocycles. The first-order valence-electron chi connectivity index (χ1n) is 9.89. The third-order valence-electron chi connectivity index (χ3n) is 6.10. The van der Waals surface area contributed by atoms with Crippen molar-refractivity contribution in [1.82, 2.24) is 9.88 Å². The number of rotatable bonds is 5. The van der Waals surface area contributed by atoms with Crippen LogP contribution in [0.1, 0.15) is 24.0 Å². The number of nitrogens with zero attached hydrogens (tertiary/aromatic N) is 1. The first-order chi connectivity index (χ1) is 14.0. The number of nitrogens with two attached hydrogens (primary N) is 1. The Hall–Kier alpha value is -3.12. The fourth-order valence-corrected chi connectivity index (χ4v) is 4.35. The molecule has 1 amide bonds. The summed E-state index contributed by atoms with van der Waals surface area (Å²) < 4.78 is 0. The summed E-state index contributed by atoms with van der Waals surface area (Å²) in [5.41, 5.74) is 8.13. The highest BCUT2D eigenvalue weighted by Gasteiger charge is 2.44. The Morgan fingerprint density at radius 2 is 1.72 bits per heavy atom. The van der Waals surface area contributed by atoms with Gasteiger partial charge in [-0.25, -0.2) is 0 Å². The molecule has 1 unspecified atom stereocenters. The Morgan fingerprint density at radius 3 is 2.41 bits per heavy atom. The van der Waals surface area contributed by atoms with Gasteiger partial charge in [0.05, 0.1) is 11.5 Å². The molecule has 1 fully saturated rings. The van der Waals surface area contributed by atoms with Crippen LogP contribution in [0.2, 0.25) is 0 Å². The maximum Gasteiger partial charge on any atom is 0.314 e. The van der Waals surface area contributed by atoms with Crippen molar-refractivity contribution in [2.24, 2.45) is 5.73 Å². The number of carbonyl (C=O) groups is 2. The smallest absolute Gasteiger partial charge is 0.314 e. The van der Waals surface area contributed by atoms with Crippen LogP contribution >= 0.6 is 0 Å². The van der Waals surface area contributed by atoms with E-state index in [-0.39, 0.29) is 5.91 Å². The number of H-pyrrole nitrogens is 1. The van der Waals surface area contributed by atoms with E-state index >= 15 is 0 Å². The standard InChI is InChI=1S/C23H25N3O3/c24-19(14-16-15-25-20-9-5-4-8-18(16)20)21(27)26-12-10-23(11-13-26,22(28)29)17-6-2-1-3-7-17/h1-9,15,19,25H,10-14,24H2,(H,28,29). The van der Waals surface area contributed by atoms with Crippen molar-refractivity contribution < 1.29 is 14.7 Å². The van der Waals surface area contributed by atoms with E-state index in [0.29, 0.717) is 32.4 Å². The molecule has 1 aliphatic heterocycles. The summed E-state index contributed by atoms with van der Waals surface area (Å²) in [5, 5.41) is 11.0. The van der Waals surface area contributed by atoms with Gasteiger partial charge in [0, 0.05) is 30.2 Å². The van der Waals surface area contributed by atoms with Gasteiger partial charge in [-0.3, -0.25) is 9.59 Å². The molecule has 0 radical (unpaired) electrons. The van der Waals surface area contributed by atoms with E-state index < -0.39 is 17.4 Å². The summed E-state index contributed by atoms with van der Waals surface area (Å²) >= 11 is 0. The molecule has 1 aliphatic rings. The van der Waals surface area contributed by atoms with E-state index in [4.69, 9.17) is 5.73 Å². The van der Waals surface area contributed by atoms with Gasteiger partial charge in [0.15, 0.2) is 0 Å². The summed E-state index contributed by atoms with van der Waals surface area (Å²) in [6, 6.07) is 16.6. The molecule has 4 N–H and O–H groups in total. The highest BCUT2D eigenvalue weighted by Crippen LogP contribution is 2.36. The van der Waals surface area contributed by atoms with Gasteiger partial charge < -0.3 is 20.7 Å². The Bertz CT molecular complexity index is 1020. The number of para-hydroxylation sites is 1. The summed E-state index contributed by atoms with van der Waals surface area (Å²) in [4.78, 5) is 29.9. The molecule has 3 aromatic rings. The average Bonchev–Trinajstić information content (AvgIpc) is 3.16. The average molecular weight is 391 g/mol. The van der Waals surface area contributed by atoms with E-state index in [1.165, 1.54) is 0 Å². The fourth-order valence-electron chi connectivity index (χ4n) is 4.35. The Balaban J connectivity index is 1.45. The minimum Gasteiger partial charge on any atom is -0.481 e. The summed E-state index contributed by atoms with van der Waals surface area (Å²) in [6.45, 7) is 0.781. The van der Waals surface area contributed by atoms with Gasteiger partial charge in [-0.05, 0) is 36.5 Å². The molecule has 150 valence electrons. The number of carbonyl (C=O) groups excluding carboxylic acids is 1. The second kappa shape index (κ2) is 7.72. The van der Waals surface area contributed by atoms with Crippen LogP contribution in [-0.4, -0.2) is 46.0 Å². The summed E-state index contributed by atoms with van der Waals surface area (Å²) in [7, 11) is 0. The second-order valence-electron chi connectivity index (χ2n) is 7.75. The Kier molecular flexibility index (Phi) is 5.11. The van der Waals surface area contributed by atoms with Crippen molar-refractivity contribution >= 4 is 22.8 Å². The monoisotopic (exact) mass is 391 g/mol. The highest BCUT2D eigenvalue weighted by atomic mass is 16.4. The first-order valence-corrected chi connectivity index (χ1v) is 9.89. The predicted octanol–water partition coefficient (Wildman–Crippen LogP) is 2.68. The minimum absolute atomic E-state index is 0.123. The van der Waals surface area contributed by atoms with Gasteiger partial charge >= 0.3 is 5.97 Å². The Morgan fingerprint density at radius 1 is 1.07 bits per heavy atom. The number of carboxylic acids is 1. The molecule has 0 bridgehead atoms. The van der Waals surface area contributed by atoms with E-state index in [9.17, 15) is 14.7 Å². The number of piperidine rings is 1. The number of aromatic amines is 1. The molecule has 1 saturated heterocycles. The van der Waals surface area contributed by atoms with Gasteiger partial charge in [-0.15, -0.1) is 0 Å². The van der Waals surface area contributed by atoms with Gasteiger partial charge in [0.2, 0.25) is 5.91 Å². The quantitative estimate of drug-likeness (QED) is 0.623. The van der Waals surface area contributed by atoms with E-state index in [1.54, 1.807) is 4.90 Å². The van der Waals surface area contributed by atoms with Gasteiger partial charge in [-0.2, -0.15) is 0 Å². The van der Waals surface area contributed by atoms with Crippen molar-refractivity contribution in [3.8, 4) is 0 Å². The van der Waals surface area contributed by atoms with Gasteiger partial charge in [0.25, 0.3) is 0 Å². The van der Waals surface area contributed by atoms with Crippen LogP contribution in [0.5, 0.6) is 0 Å². The van der Waals surface area contributed by atoms with Crippen LogP contribution in [-0.2, 0) is 21.4 Å². The van der Waals surface area contributed by atoms with Crippen molar-refractivity contribution in [1.29, 1.82) is 0 Å². The Labute approximate surface area is 169 Å². The van der Waals surface area contributed by atoms with E-state index in [0.717, 1.165) is 22.0 Å². The zero-order valence-electron chi connectivity index (χ0n) is 16.2. The van der Waals surface area contributed by atoms with Crippen molar-refractivity contribution in [2.75, 3.05) is 13.1 Å². The van der Waals surface area contributed by atoms with Gasteiger partial charge in [0.1, 0.15) is 0 Å². The minimum atomic E-state index is -0.945. The van der Waals surface area contributed by atoms with Crippen molar-refractivity contribution in [2.45, 2.75) is 30.7 Å². The molecule has 0 aliphatic carbocycles. The zero-order valence-corrected chi connectivity index (χ0v) is 16.2. The molecule has 1 aromatic heterocycles. The number of fused-ring (bicyclic) bond motifs is 1. The van der Waals surface area contributed by atoms with Gasteiger partial charge in [-0.1, -0.05) is 48.5 Å². The van der Waals surface area contributed by atoms with Crippen LogP contribution in [0.4, 0.5) is 0 Å². The molecule has 0 spiro atoms. The number of aromatic nitrogens is 1. The van der Waals surface area contributed by atoms with E-state index in [1.807, 2.05) is 60.8 Å². The van der Waals surface area contributed by atoms with Crippen LogP contribution in [0, 0.1) is 0 Å². The largest absolute Gasteiger partial charge is 0.481 e. The van der Waals surface area contributed by atoms with Crippen LogP contribution in [0.3, 0.4) is 0 Å². The number of hydrogen-bond donors (Lipinski definition) is 3. The predicted molar refractivity (Wildman–Crippen MR) is 112 cm³/mol. The number of aliphatic carboxylic acids is 1. The third-order valence-corrected chi connectivity index (χ3v) is 6.10. The van der Waals surface area contributed by atoms with Crippen molar-refractivity contribution in [3.63, 3.8) is 0 Å². The molecular formula is C23H25N3O3. The lowest BCUT2D eigenvalue weighted by molar-refractivity contribution is -0.148. The molecule has 6 nitrogen and oxygen atoms in total. The fraction of sp³-hybridized carbons (Fsp3) is 0.304. The number of likely N-dealkylation sites (tertiary alicyclic amines) is 1. The molecule has 1 atom stereocenters. The highest BCUT2D eigenvalue weighted by molar-refractivity contribution is 5.87.